The maximum Gasteiger partial charge on any atom is 0.236 e. The van der Waals surface area contributed by atoms with E-state index >= 15 is 0 Å². The molecule has 13 heavy (non-hydrogen) atoms. The molecule has 1 unspecified atom stereocenters. The van der Waals surface area contributed by atoms with E-state index < -0.39 is 0 Å². The fourth-order valence-electron chi connectivity index (χ4n) is 1.87. The summed E-state index contributed by atoms with van der Waals surface area (Å²) in [5, 5.41) is 0. The minimum Gasteiger partial charge on any atom is -0.342 e. The van der Waals surface area contributed by atoms with Crippen molar-refractivity contribution in [3.05, 3.63) is 0 Å². The van der Waals surface area contributed by atoms with Crippen LogP contribution in [0.2, 0.25) is 0 Å². The lowest BCUT2D eigenvalue weighted by atomic mass is 10.2. The third-order valence-electron chi connectivity index (χ3n) is 2.85. The quantitative estimate of drug-likeness (QED) is 0.703. The number of alkyl halides is 1. The molecule has 1 fully saturated rings. The number of carbonyl (C=O) groups is 1. The zero-order valence-corrected chi connectivity index (χ0v) is 10.0. The number of halogens is 1. The van der Waals surface area contributed by atoms with E-state index in [0.717, 1.165) is 6.42 Å². The molecular weight excluding hydrogens is 230 g/mol. The normalized spacial score (nSPS) is 20.2. The molecule has 3 heteroatoms. The SMILES string of the molecule is CCC(Br)C(=O)N(C)C1CCCC1. The van der Waals surface area contributed by atoms with Gasteiger partial charge in [-0.2, -0.15) is 0 Å². The van der Waals surface area contributed by atoms with Gasteiger partial charge in [0.25, 0.3) is 0 Å². The lowest BCUT2D eigenvalue weighted by Gasteiger charge is -2.26. The highest BCUT2D eigenvalue weighted by molar-refractivity contribution is 9.10. The molecule has 1 saturated carbocycles. The Hall–Kier alpha value is -0.0500. The van der Waals surface area contributed by atoms with E-state index in [0.29, 0.717) is 6.04 Å². The molecule has 1 aliphatic rings. The largest absolute Gasteiger partial charge is 0.342 e. The van der Waals surface area contributed by atoms with Crippen LogP contribution in [0.5, 0.6) is 0 Å². The van der Waals surface area contributed by atoms with E-state index in [4.69, 9.17) is 0 Å². The van der Waals surface area contributed by atoms with Crippen molar-refractivity contribution in [3.8, 4) is 0 Å². The summed E-state index contributed by atoms with van der Waals surface area (Å²) in [4.78, 5) is 13.7. The van der Waals surface area contributed by atoms with Crippen LogP contribution in [0.4, 0.5) is 0 Å². The van der Waals surface area contributed by atoms with Crippen LogP contribution in [0.15, 0.2) is 0 Å². The van der Waals surface area contributed by atoms with Gasteiger partial charge in [0, 0.05) is 13.1 Å². The van der Waals surface area contributed by atoms with Crippen LogP contribution in [0.1, 0.15) is 39.0 Å². The predicted octanol–water partition coefficient (Wildman–Crippen LogP) is 2.56. The van der Waals surface area contributed by atoms with Gasteiger partial charge in [0.2, 0.25) is 5.91 Å². The molecule has 1 rings (SSSR count). The maximum absolute atomic E-state index is 11.7. The average Bonchev–Trinajstić information content (AvgIpc) is 2.67. The van der Waals surface area contributed by atoms with Gasteiger partial charge in [-0.25, -0.2) is 0 Å². The summed E-state index contributed by atoms with van der Waals surface area (Å²) in [5.74, 6) is 0.245. The summed E-state index contributed by atoms with van der Waals surface area (Å²) in [6.45, 7) is 2.03. The number of amides is 1. The molecule has 0 N–H and O–H groups in total. The third-order valence-corrected chi connectivity index (χ3v) is 3.89. The second-order valence-corrected chi connectivity index (χ2v) is 4.87. The lowest BCUT2D eigenvalue weighted by molar-refractivity contribution is -0.131. The summed E-state index contributed by atoms with van der Waals surface area (Å²) in [7, 11) is 1.93. The molecular formula is C10H18BrNO. The minimum absolute atomic E-state index is 0.0121. The Morgan fingerprint density at radius 3 is 2.54 bits per heavy atom. The van der Waals surface area contributed by atoms with Crippen LogP contribution in [-0.2, 0) is 4.79 Å². The molecule has 1 amide bonds. The van der Waals surface area contributed by atoms with Crippen LogP contribution >= 0.6 is 15.9 Å². The standard InChI is InChI=1S/C10H18BrNO/c1-3-9(11)10(13)12(2)8-6-4-5-7-8/h8-9H,3-7H2,1-2H3. The molecule has 2 nitrogen and oxygen atoms in total. The molecule has 0 bridgehead atoms. The van der Waals surface area contributed by atoms with Crippen molar-refractivity contribution in [3.63, 3.8) is 0 Å². The molecule has 0 aromatic carbocycles. The first-order valence-corrected chi connectivity index (χ1v) is 5.99. The van der Waals surface area contributed by atoms with Crippen LogP contribution in [-0.4, -0.2) is 28.7 Å². The van der Waals surface area contributed by atoms with E-state index in [9.17, 15) is 4.79 Å². The number of nitrogens with zero attached hydrogens (tertiary/aromatic N) is 1. The van der Waals surface area contributed by atoms with E-state index in [1.54, 1.807) is 0 Å². The Morgan fingerprint density at radius 1 is 1.54 bits per heavy atom. The average molecular weight is 248 g/mol. The Balaban J connectivity index is 2.45. The number of hydrogen-bond donors (Lipinski definition) is 0. The Morgan fingerprint density at radius 2 is 2.08 bits per heavy atom. The van der Waals surface area contributed by atoms with Gasteiger partial charge in [-0.05, 0) is 19.3 Å². The molecule has 0 spiro atoms. The monoisotopic (exact) mass is 247 g/mol. The number of rotatable bonds is 3. The summed E-state index contributed by atoms with van der Waals surface area (Å²) < 4.78 is 0. The first-order chi connectivity index (χ1) is 6.16. The van der Waals surface area contributed by atoms with Crippen molar-refractivity contribution < 1.29 is 4.79 Å². The molecule has 0 aliphatic heterocycles. The summed E-state index contributed by atoms with van der Waals surface area (Å²) in [6, 6.07) is 0.499. The van der Waals surface area contributed by atoms with Gasteiger partial charge >= 0.3 is 0 Å². The highest BCUT2D eigenvalue weighted by Gasteiger charge is 2.26. The van der Waals surface area contributed by atoms with E-state index in [2.05, 4.69) is 15.9 Å². The molecule has 0 saturated heterocycles. The van der Waals surface area contributed by atoms with Crippen LogP contribution < -0.4 is 0 Å². The van der Waals surface area contributed by atoms with Gasteiger partial charge in [-0.3, -0.25) is 4.79 Å². The van der Waals surface area contributed by atoms with Crippen molar-refractivity contribution in [2.75, 3.05) is 7.05 Å². The smallest absolute Gasteiger partial charge is 0.236 e. The van der Waals surface area contributed by atoms with Crippen molar-refractivity contribution in [2.24, 2.45) is 0 Å². The molecule has 0 heterocycles. The molecule has 0 aromatic rings. The van der Waals surface area contributed by atoms with Gasteiger partial charge < -0.3 is 4.90 Å². The van der Waals surface area contributed by atoms with Gasteiger partial charge in [0.05, 0.1) is 4.83 Å². The van der Waals surface area contributed by atoms with Crippen molar-refractivity contribution in [1.82, 2.24) is 4.90 Å². The molecule has 0 aromatic heterocycles. The van der Waals surface area contributed by atoms with Gasteiger partial charge in [0.15, 0.2) is 0 Å². The fourth-order valence-corrected chi connectivity index (χ4v) is 2.19. The summed E-state index contributed by atoms with van der Waals surface area (Å²) >= 11 is 3.40. The zero-order valence-electron chi connectivity index (χ0n) is 8.42. The van der Waals surface area contributed by atoms with Crippen molar-refractivity contribution in [2.45, 2.75) is 49.9 Å². The fraction of sp³-hybridized carbons (Fsp3) is 0.900. The van der Waals surface area contributed by atoms with E-state index in [1.807, 2.05) is 18.9 Å². The molecule has 0 radical (unpaired) electrons. The van der Waals surface area contributed by atoms with Crippen LogP contribution in [0, 0.1) is 0 Å². The van der Waals surface area contributed by atoms with Gasteiger partial charge in [-0.1, -0.05) is 35.7 Å². The van der Waals surface area contributed by atoms with Crippen molar-refractivity contribution >= 4 is 21.8 Å². The second-order valence-electron chi connectivity index (χ2n) is 3.76. The molecule has 1 aliphatic carbocycles. The van der Waals surface area contributed by atoms with E-state index in [1.165, 1.54) is 25.7 Å². The molecule has 76 valence electrons. The Bertz CT molecular complexity index is 178. The van der Waals surface area contributed by atoms with Gasteiger partial charge in [0.1, 0.15) is 0 Å². The second kappa shape index (κ2) is 4.99. The zero-order chi connectivity index (χ0) is 9.84. The highest BCUT2D eigenvalue weighted by Crippen LogP contribution is 2.23. The minimum atomic E-state index is 0.0121. The number of hydrogen-bond acceptors (Lipinski definition) is 1. The number of carbonyl (C=O) groups excluding carboxylic acids is 1. The maximum atomic E-state index is 11.7. The first kappa shape index (κ1) is 11.0. The summed E-state index contributed by atoms with van der Waals surface area (Å²) in [6.07, 6.45) is 5.80. The van der Waals surface area contributed by atoms with Crippen LogP contribution in [0.25, 0.3) is 0 Å². The van der Waals surface area contributed by atoms with Crippen molar-refractivity contribution in [1.29, 1.82) is 0 Å². The summed E-state index contributed by atoms with van der Waals surface area (Å²) in [5.41, 5.74) is 0. The Labute approximate surface area is 88.8 Å². The molecule has 1 atom stereocenters. The van der Waals surface area contributed by atoms with Crippen LogP contribution in [0.3, 0.4) is 0 Å². The third kappa shape index (κ3) is 2.70. The van der Waals surface area contributed by atoms with E-state index in [-0.39, 0.29) is 10.7 Å². The first-order valence-electron chi connectivity index (χ1n) is 5.07. The predicted molar refractivity (Wildman–Crippen MR) is 58.0 cm³/mol. The lowest BCUT2D eigenvalue weighted by Crippen LogP contribution is -2.39. The Kier molecular flexibility index (Phi) is 4.23. The topological polar surface area (TPSA) is 20.3 Å². The van der Waals surface area contributed by atoms with Gasteiger partial charge in [-0.15, -0.1) is 0 Å². The highest BCUT2D eigenvalue weighted by atomic mass is 79.9.